The van der Waals surface area contributed by atoms with E-state index in [1.165, 1.54) is 18.3 Å². The van der Waals surface area contributed by atoms with E-state index in [0.29, 0.717) is 10.9 Å². The number of aromatic nitrogens is 2. The van der Waals surface area contributed by atoms with E-state index in [0.717, 1.165) is 24.3 Å². The quantitative estimate of drug-likeness (QED) is 0.630. The summed E-state index contributed by atoms with van der Waals surface area (Å²) in [6.45, 7) is -0.0640. The van der Waals surface area contributed by atoms with Crippen LogP contribution in [0.1, 0.15) is 16.7 Å². The van der Waals surface area contributed by atoms with Crippen LogP contribution in [-0.2, 0) is 18.9 Å². The van der Waals surface area contributed by atoms with Crippen molar-refractivity contribution in [3.05, 3.63) is 59.3 Å². The van der Waals surface area contributed by atoms with Gasteiger partial charge in [-0.1, -0.05) is 12.1 Å². The third-order valence-electron chi connectivity index (χ3n) is 3.62. The number of rotatable bonds is 3. The molecule has 0 bridgehead atoms. The minimum Gasteiger partial charge on any atom is -0.380 e. The zero-order valence-corrected chi connectivity index (χ0v) is 12.5. The minimum atomic E-state index is -4.55. The molecule has 0 amide bonds. The van der Waals surface area contributed by atoms with Crippen molar-refractivity contribution < 1.29 is 26.3 Å². The maximum Gasteiger partial charge on any atom is 0.416 e. The molecule has 25 heavy (non-hydrogen) atoms. The van der Waals surface area contributed by atoms with Crippen molar-refractivity contribution in [1.82, 2.24) is 10.2 Å². The molecule has 0 radical (unpaired) electrons. The Hall–Kier alpha value is -2.71. The molecule has 1 aromatic heterocycles. The van der Waals surface area contributed by atoms with E-state index in [4.69, 9.17) is 0 Å². The van der Waals surface area contributed by atoms with Gasteiger partial charge in [0.05, 0.1) is 22.8 Å². The Labute approximate surface area is 137 Å². The van der Waals surface area contributed by atoms with Gasteiger partial charge in [-0.2, -0.15) is 31.4 Å². The number of aromatic amines is 1. The first-order valence-corrected chi connectivity index (χ1v) is 7.09. The third kappa shape index (κ3) is 3.70. The van der Waals surface area contributed by atoms with E-state index < -0.39 is 23.5 Å². The molecule has 1 heterocycles. The number of anilines is 1. The maximum atomic E-state index is 13.0. The number of nitrogens with one attached hydrogen (secondary N) is 2. The summed E-state index contributed by atoms with van der Waals surface area (Å²) in [6, 6.07) is 6.43. The van der Waals surface area contributed by atoms with Crippen LogP contribution < -0.4 is 5.32 Å². The second kappa shape index (κ2) is 5.98. The monoisotopic (exact) mass is 359 g/mol. The van der Waals surface area contributed by atoms with Crippen molar-refractivity contribution >= 4 is 16.6 Å². The van der Waals surface area contributed by atoms with Gasteiger partial charge in [-0.05, 0) is 29.8 Å². The summed E-state index contributed by atoms with van der Waals surface area (Å²) in [5.74, 6) is 0. The molecule has 0 saturated heterocycles. The Bertz CT molecular complexity index is 895. The number of alkyl halides is 6. The fourth-order valence-corrected chi connectivity index (χ4v) is 2.42. The van der Waals surface area contributed by atoms with Gasteiger partial charge in [0, 0.05) is 17.6 Å². The third-order valence-corrected chi connectivity index (χ3v) is 3.62. The van der Waals surface area contributed by atoms with E-state index in [1.54, 1.807) is 0 Å². The second-order valence-corrected chi connectivity index (χ2v) is 5.40. The number of fused-ring (bicyclic) bond motifs is 1. The smallest absolute Gasteiger partial charge is 0.380 e. The van der Waals surface area contributed by atoms with Crippen LogP contribution in [0.25, 0.3) is 10.9 Å². The Morgan fingerprint density at radius 1 is 0.920 bits per heavy atom. The van der Waals surface area contributed by atoms with Crippen molar-refractivity contribution in [2.24, 2.45) is 0 Å². The van der Waals surface area contributed by atoms with Gasteiger partial charge in [-0.15, -0.1) is 0 Å². The van der Waals surface area contributed by atoms with Gasteiger partial charge >= 0.3 is 12.4 Å². The molecule has 2 aromatic carbocycles. The Balaban J connectivity index is 1.90. The molecule has 0 aliphatic carbocycles. The lowest BCUT2D eigenvalue weighted by molar-refractivity contribution is -0.138. The highest BCUT2D eigenvalue weighted by Crippen LogP contribution is 2.35. The van der Waals surface area contributed by atoms with E-state index in [2.05, 4.69) is 15.5 Å². The van der Waals surface area contributed by atoms with Crippen LogP contribution in [0.15, 0.2) is 42.6 Å². The SMILES string of the molecule is FC(F)(F)c1cccc(CNc2cc(C(F)(F)F)cc3[nH]ncc23)c1. The molecular formula is C16H11F6N3. The molecule has 3 rings (SSSR count). The molecule has 0 spiro atoms. The highest BCUT2D eigenvalue weighted by Gasteiger charge is 2.32. The van der Waals surface area contributed by atoms with E-state index in [9.17, 15) is 26.3 Å². The summed E-state index contributed by atoms with van der Waals surface area (Å²) < 4.78 is 77.1. The van der Waals surface area contributed by atoms with Crippen molar-refractivity contribution in [2.45, 2.75) is 18.9 Å². The Morgan fingerprint density at radius 2 is 1.64 bits per heavy atom. The fraction of sp³-hybridized carbons (Fsp3) is 0.188. The minimum absolute atomic E-state index is 0.0640. The predicted molar refractivity (Wildman–Crippen MR) is 79.9 cm³/mol. The van der Waals surface area contributed by atoms with E-state index in [1.807, 2.05) is 0 Å². The number of halogens is 6. The fourth-order valence-electron chi connectivity index (χ4n) is 2.42. The second-order valence-electron chi connectivity index (χ2n) is 5.40. The zero-order valence-electron chi connectivity index (χ0n) is 12.5. The topological polar surface area (TPSA) is 40.7 Å². The van der Waals surface area contributed by atoms with Crippen molar-refractivity contribution in [2.75, 3.05) is 5.32 Å². The van der Waals surface area contributed by atoms with Crippen LogP contribution in [0.4, 0.5) is 32.0 Å². The van der Waals surface area contributed by atoms with Crippen molar-refractivity contribution in [1.29, 1.82) is 0 Å². The van der Waals surface area contributed by atoms with Crippen LogP contribution in [0.3, 0.4) is 0 Å². The van der Waals surface area contributed by atoms with Crippen LogP contribution in [0.5, 0.6) is 0 Å². The van der Waals surface area contributed by atoms with Gasteiger partial charge in [-0.3, -0.25) is 5.10 Å². The first-order chi connectivity index (χ1) is 11.6. The normalized spacial score (nSPS) is 12.6. The highest BCUT2D eigenvalue weighted by atomic mass is 19.4. The Morgan fingerprint density at radius 3 is 2.32 bits per heavy atom. The Kier molecular flexibility index (Phi) is 4.09. The van der Waals surface area contributed by atoms with Crippen LogP contribution >= 0.6 is 0 Å². The molecule has 9 heteroatoms. The van der Waals surface area contributed by atoms with E-state index >= 15 is 0 Å². The van der Waals surface area contributed by atoms with Gasteiger partial charge in [0.15, 0.2) is 0 Å². The number of H-pyrrole nitrogens is 1. The lowest BCUT2D eigenvalue weighted by Crippen LogP contribution is -2.08. The molecule has 3 aromatic rings. The zero-order chi connectivity index (χ0) is 18.2. The summed E-state index contributed by atoms with van der Waals surface area (Å²) in [4.78, 5) is 0. The van der Waals surface area contributed by atoms with Gasteiger partial charge in [0.1, 0.15) is 0 Å². The molecule has 0 aliphatic heterocycles. The highest BCUT2D eigenvalue weighted by molar-refractivity contribution is 5.91. The average Bonchev–Trinajstić information content (AvgIpc) is 2.99. The summed E-state index contributed by atoms with van der Waals surface area (Å²) in [5.41, 5.74) is -1.08. The molecule has 0 saturated carbocycles. The van der Waals surface area contributed by atoms with Crippen molar-refractivity contribution in [3.63, 3.8) is 0 Å². The van der Waals surface area contributed by atoms with Crippen LogP contribution in [0, 0.1) is 0 Å². The molecule has 132 valence electrons. The molecule has 0 fully saturated rings. The van der Waals surface area contributed by atoms with Gasteiger partial charge in [0.25, 0.3) is 0 Å². The first-order valence-electron chi connectivity index (χ1n) is 7.09. The molecular weight excluding hydrogens is 348 g/mol. The van der Waals surface area contributed by atoms with Gasteiger partial charge in [-0.25, -0.2) is 0 Å². The van der Waals surface area contributed by atoms with Gasteiger partial charge < -0.3 is 5.32 Å². The largest absolute Gasteiger partial charge is 0.416 e. The summed E-state index contributed by atoms with van der Waals surface area (Å²) >= 11 is 0. The standard InChI is InChI=1S/C16H11F6N3/c17-15(18,19)10-3-1-2-9(4-10)7-23-13-5-11(16(20,21)22)6-14-12(13)8-24-25-14/h1-6,8,23H,7H2,(H,24,25). The molecule has 2 N–H and O–H groups in total. The lowest BCUT2D eigenvalue weighted by atomic mass is 10.1. The lowest BCUT2D eigenvalue weighted by Gasteiger charge is -2.13. The number of benzene rings is 2. The number of hydrogen-bond donors (Lipinski definition) is 2. The predicted octanol–water partition coefficient (Wildman–Crippen LogP) is 5.21. The van der Waals surface area contributed by atoms with Crippen molar-refractivity contribution in [3.8, 4) is 0 Å². The maximum absolute atomic E-state index is 13.0. The molecule has 3 nitrogen and oxygen atoms in total. The van der Waals surface area contributed by atoms with E-state index in [-0.39, 0.29) is 17.7 Å². The number of nitrogens with zero attached hydrogens (tertiary/aromatic N) is 1. The molecule has 0 unspecified atom stereocenters. The average molecular weight is 359 g/mol. The summed E-state index contributed by atoms with van der Waals surface area (Å²) in [7, 11) is 0. The van der Waals surface area contributed by atoms with Crippen LogP contribution in [0.2, 0.25) is 0 Å². The number of hydrogen-bond acceptors (Lipinski definition) is 2. The van der Waals surface area contributed by atoms with Gasteiger partial charge in [0.2, 0.25) is 0 Å². The molecule has 0 atom stereocenters. The first kappa shape index (κ1) is 17.1. The summed E-state index contributed by atoms with van der Waals surface area (Å²) in [6.07, 6.45) is -7.68. The summed E-state index contributed by atoms with van der Waals surface area (Å²) in [5, 5.41) is 9.34. The van der Waals surface area contributed by atoms with Crippen LogP contribution in [-0.4, -0.2) is 10.2 Å². The molecule has 0 aliphatic rings.